The molecule has 0 amide bonds. The molecule has 0 N–H and O–H groups in total. The standard InChI is InChI=1S/C16H17Cl2N3O/c1-2-15-19-16(11-8-10-4-6-14(11)22-10)21(20-15)13-7-9(17)3-5-12(13)18/h3,5,7,10-11,14H,2,4,6,8H2,1H3/t10-,11+,14+/m0/s1. The fourth-order valence-electron chi connectivity index (χ4n) is 3.49. The van der Waals surface area contributed by atoms with Crippen molar-refractivity contribution in [2.75, 3.05) is 0 Å². The van der Waals surface area contributed by atoms with Crippen LogP contribution in [0.4, 0.5) is 0 Å². The van der Waals surface area contributed by atoms with E-state index in [1.165, 1.54) is 0 Å². The third-order valence-electron chi connectivity index (χ3n) is 4.57. The molecule has 6 heteroatoms. The number of hydrogen-bond acceptors (Lipinski definition) is 3. The van der Waals surface area contributed by atoms with Gasteiger partial charge in [-0.25, -0.2) is 9.67 Å². The Hall–Kier alpha value is -1.10. The lowest BCUT2D eigenvalue weighted by Gasteiger charge is -2.19. The second kappa shape index (κ2) is 5.52. The smallest absolute Gasteiger partial charge is 0.151 e. The minimum absolute atomic E-state index is 0.260. The van der Waals surface area contributed by atoms with Crippen LogP contribution in [0.3, 0.4) is 0 Å². The average Bonchev–Trinajstić information content (AvgIpc) is 3.23. The summed E-state index contributed by atoms with van der Waals surface area (Å²) >= 11 is 12.5. The van der Waals surface area contributed by atoms with Gasteiger partial charge < -0.3 is 4.74 Å². The molecule has 4 nitrogen and oxygen atoms in total. The summed E-state index contributed by atoms with van der Waals surface area (Å²) in [6, 6.07) is 5.43. The highest BCUT2D eigenvalue weighted by molar-refractivity contribution is 6.34. The van der Waals surface area contributed by atoms with Crippen molar-refractivity contribution in [1.29, 1.82) is 0 Å². The zero-order valence-electron chi connectivity index (χ0n) is 12.3. The van der Waals surface area contributed by atoms with Crippen LogP contribution in [0.2, 0.25) is 10.0 Å². The van der Waals surface area contributed by atoms with Gasteiger partial charge >= 0.3 is 0 Å². The molecule has 2 fully saturated rings. The van der Waals surface area contributed by atoms with E-state index in [0.717, 1.165) is 43.0 Å². The molecule has 22 heavy (non-hydrogen) atoms. The van der Waals surface area contributed by atoms with E-state index in [1.54, 1.807) is 12.1 Å². The molecule has 2 bridgehead atoms. The van der Waals surface area contributed by atoms with Gasteiger partial charge in [0.15, 0.2) is 5.82 Å². The first-order chi connectivity index (χ1) is 10.7. The number of rotatable bonds is 3. The number of aromatic nitrogens is 3. The first-order valence-corrected chi connectivity index (χ1v) is 8.48. The van der Waals surface area contributed by atoms with Crippen molar-refractivity contribution in [2.45, 2.75) is 50.7 Å². The fourth-order valence-corrected chi connectivity index (χ4v) is 3.86. The van der Waals surface area contributed by atoms with Crippen molar-refractivity contribution in [3.8, 4) is 5.69 Å². The summed E-state index contributed by atoms with van der Waals surface area (Å²) in [6.45, 7) is 2.06. The van der Waals surface area contributed by atoms with Crippen LogP contribution in [0.5, 0.6) is 0 Å². The van der Waals surface area contributed by atoms with Crippen molar-refractivity contribution in [3.05, 3.63) is 39.9 Å². The van der Waals surface area contributed by atoms with Crippen LogP contribution >= 0.6 is 23.2 Å². The maximum Gasteiger partial charge on any atom is 0.151 e. The minimum Gasteiger partial charge on any atom is -0.374 e. The molecule has 0 saturated carbocycles. The highest BCUT2D eigenvalue weighted by Crippen LogP contribution is 2.44. The lowest BCUT2D eigenvalue weighted by Crippen LogP contribution is -2.19. The van der Waals surface area contributed by atoms with Gasteiger partial charge in [0.05, 0.1) is 22.9 Å². The Labute approximate surface area is 139 Å². The Bertz CT molecular complexity index is 715. The molecule has 4 rings (SSSR count). The topological polar surface area (TPSA) is 39.9 Å². The zero-order chi connectivity index (χ0) is 15.3. The van der Waals surface area contributed by atoms with Gasteiger partial charge in [-0.15, -0.1) is 0 Å². The van der Waals surface area contributed by atoms with E-state index in [9.17, 15) is 0 Å². The number of halogens is 2. The van der Waals surface area contributed by atoms with Gasteiger partial charge in [0.2, 0.25) is 0 Å². The largest absolute Gasteiger partial charge is 0.374 e. The average molecular weight is 338 g/mol. The number of nitrogens with zero attached hydrogens (tertiary/aromatic N) is 3. The van der Waals surface area contributed by atoms with Crippen LogP contribution in [0.1, 0.15) is 43.8 Å². The van der Waals surface area contributed by atoms with Gasteiger partial charge in [0.25, 0.3) is 0 Å². The predicted molar refractivity (Wildman–Crippen MR) is 86.0 cm³/mol. The maximum atomic E-state index is 6.36. The zero-order valence-corrected chi connectivity index (χ0v) is 13.8. The Morgan fingerprint density at radius 3 is 2.86 bits per heavy atom. The van der Waals surface area contributed by atoms with E-state index in [2.05, 4.69) is 12.0 Å². The van der Waals surface area contributed by atoms with Crippen molar-refractivity contribution in [3.63, 3.8) is 0 Å². The number of hydrogen-bond donors (Lipinski definition) is 0. The maximum absolute atomic E-state index is 6.36. The Kier molecular flexibility index (Phi) is 3.63. The molecule has 0 unspecified atom stereocenters. The first kappa shape index (κ1) is 14.5. The molecule has 2 saturated heterocycles. The fraction of sp³-hybridized carbons (Fsp3) is 0.500. The summed E-state index contributed by atoms with van der Waals surface area (Å²) in [4.78, 5) is 4.75. The molecule has 0 radical (unpaired) electrons. The summed E-state index contributed by atoms with van der Waals surface area (Å²) in [5, 5.41) is 5.90. The third-order valence-corrected chi connectivity index (χ3v) is 5.12. The summed E-state index contributed by atoms with van der Waals surface area (Å²) in [5.74, 6) is 2.07. The molecule has 116 valence electrons. The van der Waals surface area contributed by atoms with E-state index in [0.29, 0.717) is 22.1 Å². The first-order valence-electron chi connectivity index (χ1n) is 7.72. The van der Waals surface area contributed by atoms with Crippen LogP contribution in [0, 0.1) is 0 Å². The number of benzene rings is 1. The monoisotopic (exact) mass is 337 g/mol. The Balaban J connectivity index is 1.82. The Morgan fingerprint density at radius 1 is 1.32 bits per heavy atom. The molecule has 3 atom stereocenters. The summed E-state index contributed by atoms with van der Waals surface area (Å²) in [5.41, 5.74) is 0.791. The normalized spacial score (nSPS) is 26.8. The van der Waals surface area contributed by atoms with E-state index in [-0.39, 0.29) is 6.10 Å². The molecule has 2 aliphatic heterocycles. The molecule has 1 aromatic carbocycles. The van der Waals surface area contributed by atoms with Crippen LogP contribution in [0.25, 0.3) is 5.69 Å². The van der Waals surface area contributed by atoms with E-state index >= 15 is 0 Å². The highest BCUT2D eigenvalue weighted by Gasteiger charge is 2.44. The van der Waals surface area contributed by atoms with Gasteiger partial charge in [-0.2, -0.15) is 5.10 Å². The quantitative estimate of drug-likeness (QED) is 0.843. The molecule has 3 heterocycles. The van der Waals surface area contributed by atoms with Gasteiger partial charge in [0.1, 0.15) is 5.82 Å². The van der Waals surface area contributed by atoms with Crippen LogP contribution < -0.4 is 0 Å². The van der Waals surface area contributed by atoms with Crippen molar-refractivity contribution in [1.82, 2.24) is 14.8 Å². The van der Waals surface area contributed by atoms with Gasteiger partial charge in [-0.05, 0) is 37.5 Å². The van der Waals surface area contributed by atoms with E-state index in [4.69, 9.17) is 32.9 Å². The third kappa shape index (κ3) is 2.34. The summed E-state index contributed by atoms with van der Waals surface area (Å²) < 4.78 is 7.85. The lowest BCUT2D eigenvalue weighted by atomic mass is 9.88. The summed E-state index contributed by atoms with van der Waals surface area (Å²) in [6.07, 6.45) is 4.71. The lowest BCUT2D eigenvalue weighted by molar-refractivity contribution is 0.0997. The van der Waals surface area contributed by atoms with Gasteiger partial charge in [-0.1, -0.05) is 30.1 Å². The number of aryl methyl sites for hydroxylation is 1. The second-order valence-electron chi connectivity index (χ2n) is 5.96. The highest BCUT2D eigenvalue weighted by atomic mass is 35.5. The molecule has 2 aromatic rings. The Morgan fingerprint density at radius 2 is 2.18 bits per heavy atom. The van der Waals surface area contributed by atoms with E-state index < -0.39 is 0 Å². The predicted octanol–water partition coefficient (Wildman–Crippen LogP) is 4.17. The molecule has 1 aromatic heterocycles. The van der Waals surface area contributed by atoms with Crippen molar-refractivity contribution >= 4 is 23.2 Å². The van der Waals surface area contributed by atoms with Gasteiger partial charge in [0, 0.05) is 17.4 Å². The van der Waals surface area contributed by atoms with Gasteiger partial charge in [-0.3, -0.25) is 0 Å². The molecule has 2 aliphatic rings. The van der Waals surface area contributed by atoms with Crippen molar-refractivity contribution < 1.29 is 4.74 Å². The molecule has 0 aliphatic carbocycles. The van der Waals surface area contributed by atoms with Crippen LogP contribution in [0.15, 0.2) is 18.2 Å². The van der Waals surface area contributed by atoms with Crippen molar-refractivity contribution in [2.24, 2.45) is 0 Å². The van der Waals surface area contributed by atoms with Crippen LogP contribution in [-0.2, 0) is 11.2 Å². The number of fused-ring (bicyclic) bond motifs is 2. The SMILES string of the molecule is CCc1nc([C@@H]2C[C@@H]3CC[C@H]2O3)n(-c2cc(Cl)ccc2Cl)n1. The molecular formula is C16H17Cl2N3O. The summed E-state index contributed by atoms with van der Waals surface area (Å²) in [7, 11) is 0. The minimum atomic E-state index is 0.260. The van der Waals surface area contributed by atoms with E-state index in [1.807, 2.05) is 10.7 Å². The molecule has 0 spiro atoms. The second-order valence-corrected chi connectivity index (χ2v) is 6.81. The van der Waals surface area contributed by atoms with Crippen LogP contribution in [-0.4, -0.2) is 27.0 Å². The molecular weight excluding hydrogens is 321 g/mol. The number of ether oxygens (including phenoxy) is 1.